The molecule has 0 radical (unpaired) electrons. The predicted octanol–water partition coefficient (Wildman–Crippen LogP) is 3.57. The molecule has 0 saturated carbocycles. The molecule has 1 atom stereocenters. The Morgan fingerprint density at radius 2 is 1.62 bits per heavy atom. The number of benzene rings is 1. The van der Waals surface area contributed by atoms with E-state index in [1.807, 2.05) is 0 Å². The van der Waals surface area contributed by atoms with Crippen LogP contribution >= 0.6 is 11.6 Å². The van der Waals surface area contributed by atoms with Crippen molar-refractivity contribution < 1.29 is 22.0 Å². The summed E-state index contributed by atoms with van der Waals surface area (Å²) in [6.07, 6.45) is -6.08. The fourth-order valence-corrected chi connectivity index (χ4v) is 1.45. The molecule has 0 aliphatic heterocycles. The van der Waals surface area contributed by atoms with E-state index in [4.69, 9.17) is 17.3 Å². The third-order valence-corrected chi connectivity index (χ3v) is 2.08. The van der Waals surface area contributed by atoms with Gasteiger partial charge < -0.3 is 5.73 Å². The van der Waals surface area contributed by atoms with E-state index >= 15 is 0 Å². The van der Waals surface area contributed by atoms with E-state index < -0.39 is 35.8 Å². The molecule has 0 spiro atoms. The second kappa shape index (κ2) is 4.55. The summed E-state index contributed by atoms with van der Waals surface area (Å²) >= 11 is 5.32. The summed E-state index contributed by atoms with van der Waals surface area (Å²) in [5.41, 5.74) is 4.29. The summed E-state index contributed by atoms with van der Waals surface area (Å²) in [6.45, 7) is 0. The van der Waals surface area contributed by atoms with Gasteiger partial charge in [-0.2, -0.15) is 13.2 Å². The van der Waals surface area contributed by atoms with Crippen LogP contribution in [-0.2, 0) is 0 Å². The van der Waals surface area contributed by atoms with Crippen molar-refractivity contribution in [3.63, 3.8) is 0 Å². The number of halogens is 6. The Kier molecular flexibility index (Phi) is 3.75. The quantitative estimate of drug-likeness (QED) is 0.808. The van der Waals surface area contributed by atoms with Gasteiger partial charge in [0.2, 0.25) is 0 Å². The van der Waals surface area contributed by atoms with Crippen molar-refractivity contribution >= 4 is 11.6 Å². The molecule has 1 aromatic carbocycles. The molecule has 90 valence electrons. The smallest absolute Gasteiger partial charge is 0.323 e. The molecule has 0 amide bonds. The predicted molar refractivity (Wildman–Crippen MR) is 49.0 cm³/mol. The Hall–Kier alpha value is -0.880. The maximum absolute atomic E-state index is 13.2. The van der Waals surface area contributed by atoms with Crippen LogP contribution in [0.4, 0.5) is 22.0 Å². The highest BCUT2D eigenvalue weighted by Gasteiger charge is 2.33. The number of hydrogen-bond acceptors (Lipinski definition) is 1. The van der Waals surface area contributed by atoms with Gasteiger partial charge in [-0.15, -0.1) is 0 Å². The van der Waals surface area contributed by atoms with Gasteiger partial charge >= 0.3 is 6.18 Å². The third kappa shape index (κ3) is 3.31. The molecule has 1 nitrogen and oxygen atoms in total. The maximum atomic E-state index is 13.2. The van der Waals surface area contributed by atoms with Crippen molar-refractivity contribution in [2.24, 2.45) is 5.73 Å². The van der Waals surface area contributed by atoms with Gasteiger partial charge in [0, 0.05) is 16.6 Å². The van der Waals surface area contributed by atoms with Crippen molar-refractivity contribution in [2.45, 2.75) is 18.6 Å². The van der Waals surface area contributed by atoms with Crippen LogP contribution in [0.1, 0.15) is 18.0 Å². The van der Waals surface area contributed by atoms with E-state index in [0.717, 1.165) is 12.1 Å². The molecule has 1 rings (SSSR count). The zero-order valence-corrected chi connectivity index (χ0v) is 8.54. The summed E-state index contributed by atoms with van der Waals surface area (Å²) < 4.78 is 62.3. The average Bonchev–Trinajstić information content (AvgIpc) is 1.96. The minimum absolute atomic E-state index is 0.238. The van der Waals surface area contributed by atoms with E-state index in [9.17, 15) is 22.0 Å². The molecule has 0 saturated heterocycles. The van der Waals surface area contributed by atoms with E-state index in [0.29, 0.717) is 0 Å². The van der Waals surface area contributed by atoms with E-state index in [2.05, 4.69) is 0 Å². The van der Waals surface area contributed by atoms with Gasteiger partial charge in [0.05, 0.1) is 6.42 Å². The van der Waals surface area contributed by atoms with Gasteiger partial charge in [0.15, 0.2) is 0 Å². The first kappa shape index (κ1) is 13.2. The topological polar surface area (TPSA) is 26.0 Å². The van der Waals surface area contributed by atoms with Crippen molar-refractivity contribution in [3.05, 3.63) is 34.4 Å². The van der Waals surface area contributed by atoms with Crippen LogP contribution < -0.4 is 5.73 Å². The molecule has 0 bridgehead atoms. The van der Waals surface area contributed by atoms with E-state index in [-0.39, 0.29) is 5.02 Å². The first-order chi connectivity index (χ1) is 7.20. The molecule has 0 aliphatic rings. The Labute approximate surface area is 93.0 Å². The highest BCUT2D eigenvalue weighted by molar-refractivity contribution is 6.30. The van der Waals surface area contributed by atoms with Gasteiger partial charge in [0.1, 0.15) is 11.6 Å². The fourth-order valence-electron chi connectivity index (χ4n) is 1.26. The Morgan fingerprint density at radius 1 is 1.19 bits per heavy atom. The maximum Gasteiger partial charge on any atom is 0.390 e. The molecule has 0 heterocycles. The van der Waals surface area contributed by atoms with Gasteiger partial charge in [-0.25, -0.2) is 8.78 Å². The zero-order chi connectivity index (χ0) is 12.5. The second-order valence-corrected chi connectivity index (χ2v) is 3.65. The molecule has 0 aromatic heterocycles. The normalized spacial score (nSPS) is 13.9. The Morgan fingerprint density at radius 3 is 2.00 bits per heavy atom. The first-order valence-electron chi connectivity index (χ1n) is 4.17. The van der Waals surface area contributed by atoms with Crippen LogP contribution in [0.15, 0.2) is 12.1 Å². The van der Waals surface area contributed by atoms with Gasteiger partial charge in [-0.3, -0.25) is 0 Å². The van der Waals surface area contributed by atoms with Crippen LogP contribution in [0, 0.1) is 11.6 Å². The molecule has 16 heavy (non-hydrogen) atoms. The number of alkyl halides is 3. The lowest BCUT2D eigenvalue weighted by atomic mass is 10.0. The van der Waals surface area contributed by atoms with Crippen LogP contribution in [0.5, 0.6) is 0 Å². The summed E-state index contributed by atoms with van der Waals surface area (Å²) in [5.74, 6) is -2.36. The lowest BCUT2D eigenvalue weighted by molar-refractivity contribution is -0.138. The molecule has 0 unspecified atom stereocenters. The van der Waals surface area contributed by atoms with Crippen LogP contribution in [0.25, 0.3) is 0 Å². The molecule has 0 aliphatic carbocycles. The largest absolute Gasteiger partial charge is 0.390 e. The lowest BCUT2D eigenvalue weighted by Crippen LogP contribution is -2.22. The summed E-state index contributed by atoms with van der Waals surface area (Å²) in [7, 11) is 0. The molecular formula is C9H7ClF5N. The monoisotopic (exact) mass is 259 g/mol. The highest BCUT2D eigenvalue weighted by atomic mass is 35.5. The average molecular weight is 260 g/mol. The van der Waals surface area contributed by atoms with Crippen LogP contribution in [0.3, 0.4) is 0 Å². The lowest BCUT2D eigenvalue weighted by Gasteiger charge is -2.16. The summed E-state index contributed by atoms with van der Waals surface area (Å²) in [6, 6.07) is -0.343. The van der Waals surface area contributed by atoms with E-state index in [1.54, 1.807) is 0 Å². The number of hydrogen-bond donors (Lipinski definition) is 1. The van der Waals surface area contributed by atoms with Crippen molar-refractivity contribution in [3.8, 4) is 0 Å². The molecule has 7 heteroatoms. The SMILES string of the molecule is N[C@H](CC(F)(F)F)c1c(F)cc(Cl)cc1F. The van der Waals surface area contributed by atoms with Gasteiger partial charge in [-0.1, -0.05) is 11.6 Å². The van der Waals surface area contributed by atoms with Crippen LogP contribution in [-0.4, -0.2) is 6.18 Å². The number of rotatable bonds is 2. The van der Waals surface area contributed by atoms with Crippen molar-refractivity contribution in [1.29, 1.82) is 0 Å². The molecule has 0 fully saturated rings. The van der Waals surface area contributed by atoms with Crippen molar-refractivity contribution in [2.75, 3.05) is 0 Å². The van der Waals surface area contributed by atoms with Gasteiger partial charge in [0.25, 0.3) is 0 Å². The fraction of sp³-hybridized carbons (Fsp3) is 0.333. The third-order valence-electron chi connectivity index (χ3n) is 1.87. The number of nitrogens with two attached hydrogens (primary N) is 1. The molecule has 1 aromatic rings. The van der Waals surface area contributed by atoms with E-state index in [1.165, 1.54) is 0 Å². The van der Waals surface area contributed by atoms with Crippen LogP contribution in [0.2, 0.25) is 5.02 Å². The Bertz CT molecular complexity index is 367. The second-order valence-electron chi connectivity index (χ2n) is 3.21. The zero-order valence-electron chi connectivity index (χ0n) is 7.78. The summed E-state index contributed by atoms with van der Waals surface area (Å²) in [5, 5.41) is -0.238. The summed E-state index contributed by atoms with van der Waals surface area (Å²) in [4.78, 5) is 0. The first-order valence-corrected chi connectivity index (χ1v) is 4.55. The minimum atomic E-state index is -4.59. The molecule has 2 N–H and O–H groups in total. The van der Waals surface area contributed by atoms with Gasteiger partial charge in [-0.05, 0) is 12.1 Å². The molecular weight excluding hydrogens is 253 g/mol. The highest BCUT2D eigenvalue weighted by Crippen LogP contribution is 2.31. The minimum Gasteiger partial charge on any atom is -0.323 e. The van der Waals surface area contributed by atoms with Crippen molar-refractivity contribution in [1.82, 2.24) is 0 Å². The Balaban J connectivity index is 3.04. The standard InChI is InChI=1S/C9H7ClF5N/c10-4-1-5(11)8(6(12)2-4)7(16)3-9(13,14)15/h1-2,7H,3,16H2/t7-/m1/s1.